The number of rotatable bonds is 2. The highest BCUT2D eigenvalue weighted by atomic mass is 16.4. The van der Waals surface area contributed by atoms with Crippen LogP contribution in [0.3, 0.4) is 0 Å². The third kappa shape index (κ3) is 2.16. The maximum atomic E-state index is 11.3. The molecule has 2 atom stereocenters. The van der Waals surface area contributed by atoms with E-state index in [9.17, 15) is 9.90 Å². The molecular weight excluding hydrogens is 242 g/mol. The summed E-state index contributed by atoms with van der Waals surface area (Å²) in [5, 5.41) is 9.30. The number of imidazole rings is 1. The van der Waals surface area contributed by atoms with Crippen molar-refractivity contribution >= 4 is 5.97 Å². The van der Waals surface area contributed by atoms with Gasteiger partial charge in [-0.25, -0.2) is 4.98 Å². The molecule has 0 bridgehead atoms. The van der Waals surface area contributed by atoms with Crippen molar-refractivity contribution in [3.63, 3.8) is 0 Å². The molecule has 2 aliphatic rings. The van der Waals surface area contributed by atoms with Crippen LogP contribution in [0.1, 0.15) is 56.0 Å². The van der Waals surface area contributed by atoms with E-state index in [1.807, 2.05) is 6.33 Å². The molecule has 0 spiro atoms. The van der Waals surface area contributed by atoms with Gasteiger partial charge in [0, 0.05) is 11.7 Å². The predicted octanol–water partition coefficient (Wildman–Crippen LogP) is 1.66. The van der Waals surface area contributed by atoms with Gasteiger partial charge in [-0.3, -0.25) is 4.79 Å². The van der Waals surface area contributed by atoms with Crippen molar-refractivity contribution in [3.8, 4) is 0 Å². The molecular formula is C14H21N3O2. The lowest BCUT2D eigenvalue weighted by molar-refractivity contribution is -0.145. The van der Waals surface area contributed by atoms with Crippen LogP contribution in [-0.4, -0.2) is 26.2 Å². The highest BCUT2D eigenvalue weighted by Gasteiger charge is 2.40. The molecule has 0 saturated heterocycles. The number of hydrogen-bond donors (Lipinski definition) is 2. The molecule has 2 unspecified atom stereocenters. The Labute approximate surface area is 112 Å². The Hall–Kier alpha value is -1.36. The first-order chi connectivity index (χ1) is 9.10. The zero-order chi connectivity index (χ0) is 13.5. The second-order valence-electron chi connectivity index (χ2n) is 5.96. The summed E-state index contributed by atoms with van der Waals surface area (Å²) in [4.78, 5) is 15.8. The van der Waals surface area contributed by atoms with Crippen LogP contribution in [0, 0.1) is 0 Å². The zero-order valence-corrected chi connectivity index (χ0v) is 11.1. The maximum absolute atomic E-state index is 11.3. The Balaban J connectivity index is 1.86. The summed E-state index contributed by atoms with van der Waals surface area (Å²) >= 11 is 0. The molecule has 0 aromatic carbocycles. The predicted molar refractivity (Wildman–Crippen MR) is 70.9 cm³/mol. The second-order valence-corrected chi connectivity index (χ2v) is 5.96. The quantitative estimate of drug-likeness (QED) is 0.850. The van der Waals surface area contributed by atoms with Gasteiger partial charge in [-0.2, -0.15) is 0 Å². The zero-order valence-electron chi connectivity index (χ0n) is 11.1. The number of aryl methyl sites for hydroxylation is 1. The lowest BCUT2D eigenvalue weighted by Crippen LogP contribution is -2.51. The molecule has 5 nitrogen and oxygen atoms in total. The van der Waals surface area contributed by atoms with Crippen molar-refractivity contribution in [2.24, 2.45) is 5.73 Å². The lowest BCUT2D eigenvalue weighted by atomic mass is 9.79. The van der Waals surface area contributed by atoms with Gasteiger partial charge in [0.05, 0.1) is 12.0 Å². The van der Waals surface area contributed by atoms with E-state index in [2.05, 4.69) is 9.55 Å². The summed E-state index contributed by atoms with van der Waals surface area (Å²) in [5.41, 5.74) is 7.49. The molecule has 1 aromatic rings. The van der Waals surface area contributed by atoms with Crippen LogP contribution in [0.15, 0.2) is 6.33 Å². The minimum Gasteiger partial charge on any atom is -0.480 e. The largest absolute Gasteiger partial charge is 0.480 e. The lowest BCUT2D eigenvalue weighted by Gasteiger charge is -2.36. The van der Waals surface area contributed by atoms with Crippen molar-refractivity contribution in [2.75, 3.05) is 0 Å². The molecule has 0 aliphatic heterocycles. The fraction of sp³-hybridized carbons (Fsp3) is 0.714. The Morgan fingerprint density at radius 1 is 1.42 bits per heavy atom. The van der Waals surface area contributed by atoms with Gasteiger partial charge >= 0.3 is 5.97 Å². The van der Waals surface area contributed by atoms with Crippen LogP contribution in [0.5, 0.6) is 0 Å². The molecule has 0 radical (unpaired) electrons. The number of nitrogens with two attached hydrogens (primary N) is 1. The Morgan fingerprint density at radius 3 is 3.00 bits per heavy atom. The number of fused-ring (bicyclic) bond motifs is 1. The topological polar surface area (TPSA) is 81.1 Å². The number of aromatic nitrogens is 2. The van der Waals surface area contributed by atoms with Crippen molar-refractivity contribution < 1.29 is 9.90 Å². The second kappa shape index (κ2) is 4.63. The van der Waals surface area contributed by atoms with Crippen molar-refractivity contribution in [1.29, 1.82) is 0 Å². The van der Waals surface area contributed by atoms with Crippen molar-refractivity contribution in [1.82, 2.24) is 9.55 Å². The van der Waals surface area contributed by atoms with Gasteiger partial charge in [-0.05, 0) is 51.4 Å². The number of carboxylic acid groups (broad SMARTS) is 1. The molecule has 2 aliphatic carbocycles. The van der Waals surface area contributed by atoms with Crippen LogP contribution < -0.4 is 5.73 Å². The van der Waals surface area contributed by atoms with Gasteiger partial charge in [0.25, 0.3) is 0 Å². The molecule has 3 rings (SSSR count). The summed E-state index contributed by atoms with van der Waals surface area (Å²) in [5.74, 6) is -0.869. The molecule has 0 amide bonds. The summed E-state index contributed by atoms with van der Waals surface area (Å²) in [6.07, 6.45) is 9.42. The Kier molecular flexibility index (Phi) is 3.09. The molecule has 1 fully saturated rings. The average Bonchev–Trinajstić information content (AvgIpc) is 2.82. The number of nitrogens with zero attached hydrogens (tertiary/aromatic N) is 2. The van der Waals surface area contributed by atoms with Gasteiger partial charge in [0.2, 0.25) is 0 Å². The van der Waals surface area contributed by atoms with Gasteiger partial charge in [-0.1, -0.05) is 0 Å². The van der Waals surface area contributed by atoms with Gasteiger partial charge in [0.15, 0.2) is 0 Å². The summed E-state index contributed by atoms with van der Waals surface area (Å²) in [6.45, 7) is 0. The summed E-state index contributed by atoms with van der Waals surface area (Å²) < 4.78 is 2.21. The van der Waals surface area contributed by atoms with Crippen LogP contribution in [0.4, 0.5) is 0 Å². The van der Waals surface area contributed by atoms with E-state index >= 15 is 0 Å². The van der Waals surface area contributed by atoms with Crippen LogP contribution >= 0.6 is 0 Å². The SMILES string of the molecule is NC1(C(=O)O)CCCC(n2cnc3c2CCCC3)C1. The summed E-state index contributed by atoms with van der Waals surface area (Å²) in [7, 11) is 0. The van der Waals surface area contributed by atoms with E-state index < -0.39 is 11.5 Å². The molecule has 1 saturated carbocycles. The van der Waals surface area contributed by atoms with E-state index in [4.69, 9.17) is 5.73 Å². The first-order valence-electron chi connectivity index (χ1n) is 7.17. The Bertz CT molecular complexity index is 497. The number of carboxylic acids is 1. The molecule has 1 heterocycles. The number of hydrogen-bond acceptors (Lipinski definition) is 3. The third-order valence-electron chi connectivity index (χ3n) is 4.64. The fourth-order valence-electron chi connectivity index (χ4n) is 3.52. The van der Waals surface area contributed by atoms with Crippen LogP contribution in [0.2, 0.25) is 0 Å². The molecule has 1 aromatic heterocycles. The minimum atomic E-state index is -1.06. The van der Waals surface area contributed by atoms with E-state index in [1.54, 1.807) is 0 Å². The maximum Gasteiger partial charge on any atom is 0.323 e. The minimum absolute atomic E-state index is 0.198. The van der Waals surface area contributed by atoms with E-state index in [1.165, 1.54) is 24.2 Å². The monoisotopic (exact) mass is 263 g/mol. The average molecular weight is 263 g/mol. The first-order valence-corrected chi connectivity index (χ1v) is 7.17. The molecule has 19 heavy (non-hydrogen) atoms. The van der Waals surface area contributed by atoms with E-state index in [-0.39, 0.29) is 6.04 Å². The number of carbonyl (C=O) groups is 1. The number of aliphatic carboxylic acids is 1. The normalized spacial score (nSPS) is 30.9. The molecule has 5 heteroatoms. The van der Waals surface area contributed by atoms with Crippen LogP contribution in [-0.2, 0) is 17.6 Å². The van der Waals surface area contributed by atoms with E-state index in [0.29, 0.717) is 12.8 Å². The van der Waals surface area contributed by atoms with Crippen molar-refractivity contribution in [3.05, 3.63) is 17.7 Å². The van der Waals surface area contributed by atoms with Crippen molar-refractivity contribution in [2.45, 2.75) is 62.9 Å². The van der Waals surface area contributed by atoms with Crippen LogP contribution in [0.25, 0.3) is 0 Å². The van der Waals surface area contributed by atoms with Gasteiger partial charge in [-0.15, -0.1) is 0 Å². The molecule has 104 valence electrons. The fourth-order valence-corrected chi connectivity index (χ4v) is 3.52. The first kappa shape index (κ1) is 12.7. The smallest absolute Gasteiger partial charge is 0.323 e. The third-order valence-corrected chi connectivity index (χ3v) is 4.64. The van der Waals surface area contributed by atoms with E-state index in [0.717, 1.165) is 25.7 Å². The van der Waals surface area contributed by atoms with Gasteiger partial charge in [0.1, 0.15) is 5.54 Å². The summed E-state index contributed by atoms with van der Waals surface area (Å²) in [6, 6.07) is 0.198. The standard InChI is InChI=1S/C14H21N3O2/c15-14(13(18)19)7-3-4-10(8-14)17-9-16-11-5-1-2-6-12(11)17/h9-10H,1-8,15H2,(H,18,19). The highest BCUT2D eigenvalue weighted by molar-refractivity contribution is 5.78. The molecule has 3 N–H and O–H groups in total. The van der Waals surface area contributed by atoms with Gasteiger partial charge < -0.3 is 15.4 Å². The highest BCUT2D eigenvalue weighted by Crippen LogP contribution is 2.36. The Morgan fingerprint density at radius 2 is 2.21 bits per heavy atom.